The highest BCUT2D eigenvalue weighted by atomic mass is 15.1. The lowest BCUT2D eigenvalue weighted by Crippen LogP contribution is -2.16. The molecule has 10 aromatic carbocycles. The Labute approximate surface area is 368 Å². The van der Waals surface area contributed by atoms with Crippen molar-refractivity contribution in [1.82, 2.24) is 4.57 Å². The van der Waals surface area contributed by atoms with Gasteiger partial charge in [0.2, 0.25) is 0 Å². The summed E-state index contributed by atoms with van der Waals surface area (Å²) in [5.41, 5.74) is 19.4. The Morgan fingerprint density at radius 3 is 1.48 bits per heavy atom. The van der Waals surface area contributed by atoms with E-state index in [1.54, 1.807) is 0 Å². The number of hydrogen-bond donors (Lipinski definition) is 0. The molecule has 1 aliphatic rings. The topological polar surface area (TPSA) is 8.17 Å². The molecule has 0 N–H and O–H groups in total. The maximum Gasteiger partial charge on any atom is 0.0541 e. The van der Waals surface area contributed by atoms with Gasteiger partial charge in [-0.3, -0.25) is 0 Å². The van der Waals surface area contributed by atoms with E-state index in [-0.39, 0.29) is 5.41 Å². The summed E-state index contributed by atoms with van der Waals surface area (Å²) in [5, 5.41) is 5.03. The van der Waals surface area contributed by atoms with Gasteiger partial charge in [-0.25, -0.2) is 0 Å². The third-order valence-corrected chi connectivity index (χ3v) is 13.4. The number of anilines is 3. The fourth-order valence-electron chi connectivity index (χ4n) is 10.4. The molecule has 0 bridgehead atoms. The highest BCUT2D eigenvalue weighted by Gasteiger charge is 2.35. The normalized spacial score (nSPS) is 12.7. The molecule has 1 aromatic heterocycles. The summed E-state index contributed by atoms with van der Waals surface area (Å²) < 4.78 is 2.42. The standard InChI is InChI=1S/C61H44N2/c1-61(2)55-26-10-6-21-51(55)52-39-38-47(40-56(52)61)62(46-36-32-43(33-37-46)50-25-15-19-44-18-14-24-49(60(44)50)41-16-4-3-5-17-41)45-34-30-42(31-35-45)48-20-7-11-27-57(48)63-58-28-12-8-22-53(58)54-23-9-13-29-59(54)63/h3-40H,1-2H3. The maximum absolute atomic E-state index is 2.42. The average Bonchev–Trinajstić information content (AvgIpc) is 3.80. The number of aromatic nitrogens is 1. The third-order valence-electron chi connectivity index (χ3n) is 13.4. The van der Waals surface area contributed by atoms with E-state index in [9.17, 15) is 0 Å². The summed E-state index contributed by atoms with van der Waals surface area (Å²) in [5.74, 6) is 0. The van der Waals surface area contributed by atoms with Crippen LogP contribution in [-0.2, 0) is 5.41 Å². The Morgan fingerprint density at radius 2 is 0.825 bits per heavy atom. The van der Waals surface area contributed by atoms with Gasteiger partial charge in [0.05, 0.1) is 16.7 Å². The number of rotatable bonds is 7. The lowest BCUT2D eigenvalue weighted by atomic mass is 9.82. The van der Waals surface area contributed by atoms with E-state index in [1.807, 2.05) is 0 Å². The molecule has 2 heteroatoms. The van der Waals surface area contributed by atoms with E-state index in [0.29, 0.717) is 0 Å². The van der Waals surface area contributed by atoms with E-state index < -0.39 is 0 Å². The summed E-state index contributed by atoms with van der Waals surface area (Å²) >= 11 is 0. The molecule has 0 unspecified atom stereocenters. The van der Waals surface area contributed by atoms with Crippen molar-refractivity contribution in [1.29, 1.82) is 0 Å². The van der Waals surface area contributed by atoms with Gasteiger partial charge < -0.3 is 9.47 Å². The van der Waals surface area contributed by atoms with Crippen LogP contribution in [0.5, 0.6) is 0 Å². The van der Waals surface area contributed by atoms with Crippen LogP contribution in [0.1, 0.15) is 25.0 Å². The van der Waals surface area contributed by atoms with Gasteiger partial charge in [0.25, 0.3) is 0 Å². The Hall–Kier alpha value is -7.94. The van der Waals surface area contributed by atoms with E-state index in [2.05, 4.69) is 254 Å². The van der Waals surface area contributed by atoms with E-state index in [1.165, 1.54) is 93.9 Å². The van der Waals surface area contributed by atoms with Crippen LogP contribution in [-0.4, -0.2) is 4.57 Å². The zero-order valence-corrected chi connectivity index (χ0v) is 35.3. The van der Waals surface area contributed by atoms with Gasteiger partial charge in [0.1, 0.15) is 0 Å². The molecule has 298 valence electrons. The van der Waals surface area contributed by atoms with E-state index in [4.69, 9.17) is 0 Å². The largest absolute Gasteiger partial charge is 0.310 e. The molecule has 0 spiro atoms. The second kappa shape index (κ2) is 14.6. The van der Waals surface area contributed by atoms with Crippen molar-refractivity contribution in [2.75, 3.05) is 4.90 Å². The van der Waals surface area contributed by atoms with Crippen molar-refractivity contribution < 1.29 is 0 Å². The fraction of sp³-hybridized carbons (Fsp3) is 0.0492. The van der Waals surface area contributed by atoms with Crippen LogP contribution in [0.3, 0.4) is 0 Å². The third kappa shape index (κ3) is 5.94. The number of fused-ring (bicyclic) bond motifs is 7. The number of para-hydroxylation sites is 3. The van der Waals surface area contributed by atoms with Crippen molar-refractivity contribution in [2.45, 2.75) is 19.3 Å². The molecule has 1 heterocycles. The van der Waals surface area contributed by atoms with Gasteiger partial charge in [-0.1, -0.05) is 190 Å². The van der Waals surface area contributed by atoms with Crippen molar-refractivity contribution in [3.8, 4) is 50.2 Å². The van der Waals surface area contributed by atoms with Crippen LogP contribution in [0, 0.1) is 0 Å². The van der Waals surface area contributed by atoms with Gasteiger partial charge in [-0.15, -0.1) is 0 Å². The van der Waals surface area contributed by atoms with Gasteiger partial charge in [-0.2, -0.15) is 0 Å². The Kier molecular flexibility index (Phi) is 8.55. The van der Waals surface area contributed by atoms with Crippen LogP contribution >= 0.6 is 0 Å². The number of benzene rings is 10. The SMILES string of the molecule is CC1(C)c2ccccc2-c2ccc(N(c3ccc(-c4ccccc4-n4c5ccccc5c5ccccc54)cc3)c3ccc(-c4cccc5cccc(-c6ccccc6)c45)cc3)cc21. The lowest BCUT2D eigenvalue weighted by molar-refractivity contribution is 0.660. The fourth-order valence-corrected chi connectivity index (χ4v) is 10.4. The van der Waals surface area contributed by atoms with Gasteiger partial charge in [0, 0.05) is 38.8 Å². The summed E-state index contributed by atoms with van der Waals surface area (Å²) in [7, 11) is 0. The summed E-state index contributed by atoms with van der Waals surface area (Å²) in [6, 6.07) is 84.6. The quantitative estimate of drug-likeness (QED) is 0.156. The predicted molar refractivity (Wildman–Crippen MR) is 267 cm³/mol. The molecule has 0 atom stereocenters. The molecule has 0 saturated heterocycles. The zero-order valence-electron chi connectivity index (χ0n) is 35.3. The van der Waals surface area contributed by atoms with Crippen LogP contribution in [0.15, 0.2) is 231 Å². The molecule has 63 heavy (non-hydrogen) atoms. The van der Waals surface area contributed by atoms with Gasteiger partial charge in [0.15, 0.2) is 0 Å². The first-order chi connectivity index (χ1) is 31.0. The molecule has 2 nitrogen and oxygen atoms in total. The smallest absolute Gasteiger partial charge is 0.0541 e. The molecule has 0 amide bonds. The molecule has 0 aliphatic heterocycles. The Bertz CT molecular complexity index is 3460. The highest BCUT2D eigenvalue weighted by molar-refractivity contribution is 6.10. The first kappa shape index (κ1) is 36.9. The minimum Gasteiger partial charge on any atom is -0.310 e. The van der Waals surface area contributed by atoms with Gasteiger partial charge >= 0.3 is 0 Å². The Morgan fingerprint density at radius 1 is 0.349 bits per heavy atom. The highest BCUT2D eigenvalue weighted by Crippen LogP contribution is 2.51. The molecule has 0 saturated carbocycles. The van der Waals surface area contributed by atoms with Crippen molar-refractivity contribution in [2.24, 2.45) is 0 Å². The van der Waals surface area contributed by atoms with Crippen LogP contribution in [0.2, 0.25) is 0 Å². The van der Waals surface area contributed by atoms with Crippen molar-refractivity contribution in [3.63, 3.8) is 0 Å². The molecule has 11 aromatic rings. The number of nitrogens with zero attached hydrogens (tertiary/aromatic N) is 2. The monoisotopic (exact) mass is 804 g/mol. The average molecular weight is 805 g/mol. The van der Waals surface area contributed by atoms with E-state index >= 15 is 0 Å². The molecule has 12 rings (SSSR count). The molecular formula is C61H44N2. The Balaban J connectivity index is 0.986. The first-order valence-corrected chi connectivity index (χ1v) is 21.9. The summed E-state index contributed by atoms with van der Waals surface area (Å²) in [6.45, 7) is 4.72. The van der Waals surface area contributed by atoms with Crippen LogP contribution < -0.4 is 4.90 Å². The predicted octanol–water partition coefficient (Wildman–Crippen LogP) is 16.7. The number of hydrogen-bond acceptors (Lipinski definition) is 1. The first-order valence-electron chi connectivity index (χ1n) is 21.9. The molecule has 1 aliphatic carbocycles. The van der Waals surface area contributed by atoms with Crippen molar-refractivity contribution in [3.05, 3.63) is 242 Å². The molecule has 0 fully saturated rings. The second-order valence-corrected chi connectivity index (χ2v) is 17.3. The van der Waals surface area contributed by atoms with Crippen molar-refractivity contribution >= 4 is 49.6 Å². The maximum atomic E-state index is 2.42. The minimum absolute atomic E-state index is 0.122. The van der Waals surface area contributed by atoms with E-state index in [0.717, 1.165) is 17.1 Å². The lowest BCUT2D eigenvalue weighted by Gasteiger charge is -2.28. The van der Waals surface area contributed by atoms with Crippen LogP contribution in [0.4, 0.5) is 17.1 Å². The minimum atomic E-state index is -0.122. The van der Waals surface area contributed by atoms with Crippen LogP contribution in [0.25, 0.3) is 82.8 Å². The zero-order chi connectivity index (χ0) is 42.1. The summed E-state index contributed by atoms with van der Waals surface area (Å²) in [4.78, 5) is 2.42. The second-order valence-electron chi connectivity index (χ2n) is 17.3. The van der Waals surface area contributed by atoms with Gasteiger partial charge in [-0.05, 0) is 115 Å². The molecular weight excluding hydrogens is 761 g/mol. The summed E-state index contributed by atoms with van der Waals surface area (Å²) in [6.07, 6.45) is 0. The molecule has 0 radical (unpaired) electrons.